The maximum Gasteiger partial charge on any atom is 0.150 e. The fourth-order valence-corrected chi connectivity index (χ4v) is 4.02. The number of hydrogen-bond donors (Lipinski definition) is 1. The molecule has 1 aliphatic rings. The number of sulfone groups is 1. The van der Waals surface area contributed by atoms with Crippen LogP contribution in [0.15, 0.2) is 0 Å². The van der Waals surface area contributed by atoms with Gasteiger partial charge in [0.25, 0.3) is 0 Å². The van der Waals surface area contributed by atoms with E-state index < -0.39 is 9.84 Å². The van der Waals surface area contributed by atoms with Gasteiger partial charge in [0.2, 0.25) is 0 Å². The standard InChI is InChI=1S/C15H30O3S/c1-11(15(2,3)4)9-14(16)12-7-6-8-13(10-12)19(5,17)18/h11-14,16H,6-10H2,1-5H3. The van der Waals surface area contributed by atoms with E-state index >= 15 is 0 Å². The molecule has 1 rings (SSSR count). The second-order valence-corrected chi connectivity index (χ2v) is 9.77. The van der Waals surface area contributed by atoms with Crippen molar-refractivity contribution in [1.29, 1.82) is 0 Å². The Bertz CT molecular complexity index is 381. The zero-order valence-corrected chi connectivity index (χ0v) is 13.8. The van der Waals surface area contributed by atoms with Crippen molar-refractivity contribution in [2.45, 2.75) is 71.2 Å². The van der Waals surface area contributed by atoms with Gasteiger partial charge < -0.3 is 5.11 Å². The van der Waals surface area contributed by atoms with Crippen LogP contribution in [0.1, 0.15) is 59.8 Å². The first-order valence-electron chi connectivity index (χ1n) is 7.38. The molecule has 0 saturated heterocycles. The van der Waals surface area contributed by atoms with E-state index in [2.05, 4.69) is 27.7 Å². The Hall–Kier alpha value is -0.0900. The van der Waals surface area contributed by atoms with Crippen LogP contribution in [-0.4, -0.2) is 31.1 Å². The molecule has 1 fully saturated rings. The van der Waals surface area contributed by atoms with Crippen molar-refractivity contribution >= 4 is 9.84 Å². The minimum atomic E-state index is -2.96. The van der Waals surface area contributed by atoms with Gasteiger partial charge in [-0.2, -0.15) is 0 Å². The molecule has 1 saturated carbocycles. The summed E-state index contributed by atoms with van der Waals surface area (Å²) in [5.74, 6) is 0.583. The molecule has 19 heavy (non-hydrogen) atoms. The molecule has 0 aromatic rings. The largest absolute Gasteiger partial charge is 0.393 e. The lowest BCUT2D eigenvalue weighted by molar-refractivity contribution is 0.0465. The van der Waals surface area contributed by atoms with Gasteiger partial charge in [0, 0.05) is 6.26 Å². The third-order valence-corrected chi connectivity index (χ3v) is 6.53. The Balaban J connectivity index is 2.60. The molecular weight excluding hydrogens is 260 g/mol. The van der Waals surface area contributed by atoms with Gasteiger partial charge in [-0.25, -0.2) is 8.42 Å². The summed E-state index contributed by atoms with van der Waals surface area (Å²) >= 11 is 0. The number of aliphatic hydroxyl groups excluding tert-OH is 1. The molecule has 3 nitrogen and oxygen atoms in total. The first-order chi connectivity index (χ1) is 8.51. The van der Waals surface area contributed by atoms with Gasteiger partial charge in [-0.1, -0.05) is 34.1 Å². The quantitative estimate of drug-likeness (QED) is 0.866. The maximum absolute atomic E-state index is 11.7. The topological polar surface area (TPSA) is 54.4 Å². The van der Waals surface area contributed by atoms with Gasteiger partial charge in [-0.05, 0) is 42.9 Å². The summed E-state index contributed by atoms with van der Waals surface area (Å²) in [6, 6.07) is 0. The minimum Gasteiger partial charge on any atom is -0.393 e. The Morgan fingerprint density at radius 2 is 1.84 bits per heavy atom. The van der Waals surface area contributed by atoms with E-state index in [4.69, 9.17) is 0 Å². The first kappa shape index (κ1) is 17.0. The van der Waals surface area contributed by atoms with Crippen LogP contribution in [0.4, 0.5) is 0 Å². The molecule has 4 unspecified atom stereocenters. The second kappa shape index (κ2) is 6.13. The maximum atomic E-state index is 11.7. The van der Waals surface area contributed by atoms with Crippen molar-refractivity contribution < 1.29 is 13.5 Å². The predicted octanol–water partition coefficient (Wildman–Crippen LogP) is 3.02. The van der Waals surface area contributed by atoms with Crippen LogP contribution < -0.4 is 0 Å². The van der Waals surface area contributed by atoms with Crippen LogP contribution in [0.25, 0.3) is 0 Å². The van der Waals surface area contributed by atoms with E-state index in [1.54, 1.807) is 0 Å². The van der Waals surface area contributed by atoms with Crippen LogP contribution in [-0.2, 0) is 9.84 Å². The molecule has 0 aromatic carbocycles. The SMILES string of the molecule is CC(CC(O)C1CCCC(S(C)(=O)=O)C1)C(C)(C)C. The van der Waals surface area contributed by atoms with Crippen molar-refractivity contribution in [1.82, 2.24) is 0 Å². The van der Waals surface area contributed by atoms with E-state index in [-0.39, 0.29) is 22.7 Å². The fraction of sp³-hybridized carbons (Fsp3) is 1.00. The molecule has 0 bridgehead atoms. The van der Waals surface area contributed by atoms with Crippen LogP contribution in [0.3, 0.4) is 0 Å². The Kier molecular flexibility index (Phi) is 5.47. The monoisotopic (exact) mass is 290 g/mol. The van der Waals surface area contributed by atoms with Gasteiger partial charge >= 0.3 is 0 Å². The van der Waals surface area contributed by atoms with E-state index in [1.807, 2.05) is 0 Å². The van der Waals surface area contributed by atoms with E-state index in [0.29, 0.717) is 12.3 Å². The Morgan fingerprint density at radius 1 is 1.26 bits per heavy atom. The van der Waals surface area contributed by atoms with Crippen LogP contribution in [0.5, 0.6) is 0 Å². The van der Waals surface area contributed by atoms with Gasteiger partial charge in [-0.3, -0.25) is 0 Å². The molecule has 1 N–H and O–H groups in total. The molecule has 0 spiro atoms. The molecule has 0 aliphatic heterocycles. The van der Waals surface area contributed by atoms with E-state index in [1.165, 1.54) is 6.26 Å². The number of hydrogen-bond acceptors (Lipinski definition) is 3. The van der Waals surface area contributed by atoms with Crippen molar-refractivity contribution in [3.8, 4) is 0 Å². The predicted molar refractivity (Wildman–Crippen MR) is 79.8 cm³/mol. The summed E-state index contributed by atoms with van der Waals surface area (Å²) in [4.78, 5) is 0. The summed E-state index contributed by atoms with van der Waals surface area (Å²) < 4.78 is 23.3. The van der Waals surface area contributed by atoms with Crippen LogP contribution >= 0.6 is 0 Å². The van der Waals surface area contributed by atoms with Crippen molar-refractivity contribution in [3.05, 3.63) is 0 Å². The van der Waals surface area contributed by atoms with Crippen LogP contribution in [0, 0.1) is 17.3 Å². The van der Waals surface area contributed by atoms with Gasteiger partial charge in [0.1, 0.15) is 9.84 Å². The number of rotatable bonds is 4. The summed E-state index contributed by atoms with van der Waals surface area (Å²) in [6.07, 6.45) is 5.01. The molecular formula is C15H30O3S. The molecule has 0 aromatic heterocycles. The molecule has 114 valence electrons. The molecule has 0 heterocycles. The summed E-state index contributed by atoms with van der Waals surface area (Å²) in [7, 11) is -2.96. The lowest BCUT2D eigenvalue weighted by Crippen LogP contribution is -2.35. The minimum absolute atomic E-state index is 0.151. The third-order valence-electron chi connectivity index (χ3n) is 4.89. The first-order valence-corrected chi connectivity index (χ1v) is 9.34. The average Bonchev–Trinajstić information content (AvgIpc) is 2.26. The van der Waals surface area contributed by atoms with Crippen molar-refractivity contribution in [2.24, 2.45) is 17.3 Å². The fourth-order valence-electron chi connectivity index (χ4n) is 2.83. The number of aliphatic hydroxyl groups is 1. The Labute approximate surface area is 118 Å². The van der Waals surface area contributed by atoms with Gasteiger partial charge in [0.15, 0.2) is 0 Å². The Morgan fingerprint density at radius 3 is 2.32 bits per heavy atom. The zero-order valence-electron chi connectivity index (χ0n) is 13.0. The highest BCUT2D eigenvalue weighted by atomic mass is 32.2. The second-order valence-electron chi connectivity index (χ2n) is 7.45. The normalized spacial score (nSPS) is 28.9. The molecule has 4 atom stereocenters. The molecule has 1 aliphatic carbocycles. The lowest BCUT2D eigenvalue weighted by Gasteiger charge is -2.35. The molecule has 0 radical (unpaired) electrons. The smallest absolute Gasteiger partial charge is 0.150 e. The highest BCUT2D eigenvalue weighted by molar-refractivity contribution is 7.91. The molecule has 0 amide bonds. The summed E-state index contributed by atoms with van der Waals surface area (Å²) in [5, 5.41) is 10.2. The van der Waals surface area contributed by atoms with E-state index in [9.17, 15) is 13.5 Å². The highest BCUT2D eigenvalue weighted by Crippen LogP contribution is 2.36. The average molecular weight is 290 g/mol. The molecule has 4 heteroatoms. The van der Waals surface area contributed by atoms with Crippen LogP contribution in [0.2, 0.25) is 0 Å². The van der Waals surface area contributed by atoms with Gasteiger partial charge in [0.05, 0.1) is 11.4 Å². The van der Waals surface area contributed by atoms with E-state index in [0.717, 1.165) is 25.7 Å². The highest BCUT2D eigenvalue weighted by Gasteiger charge is 2.34. The lowest BCUT2D eigenvalue weighted by atomic mass is 9.75. The zero-order chi connectivity index (χ0) is 14.8. The third kappa shape index (κ3) is 5.07. The van der Waals surface area contributed by atoms with Gasteiger partial charge in [-0.15, -0.1) is 0 Å². The van der Waals surface area contributed by atoms with Crippen molar-refractivity contribution in [3.63, 3.8) is 0 Å². The summed E-state index contributed by atoms with van der Waals surface area (Å²) in [6.45, 7) is 8.72. The van der Waals surface area contributed by atoms with Crippen molar-refractivity contribution in [2.75, 3.05) is 6.26 Å². The summed E-state index contributed by atoms with van der Waals surface area (Å²) in [5.41, 5.74) is 0.186.